The third kappa shape index (κ3) is 2.19. The molecule has 0 saturated heterocycles. The van der Waals surface area contributed by atoms with Crippen molar-refractivity contribution in [1.29, 1.82) is 0 Å². The molecule has 3 heteroatoms. The van der Waals surface area contributed by atoms with E-state index in [0.717, 1.165) is 22.9 Å². The molecular formula is C10H13N3. The Balaban J connectivity index is 3.10. The van der Waals surface area contributed by atoms with Crippen molar-refractivity contribution in [3.63, 3.8) is 0 Å². The fourth-order valence-electron chi connectivity index (χ4n) is 1.01. The summed E-state index contributed by atoms with van der Waals surface area (Å²) in [6, 6.07) is 2.77. The minimum absolute atomic E-state index is 0.767. The van der Waals surface area contributed by atoms with Gasteiger partial charge in [-0.05, 0) is 27.7 Å². The van der Waals surface area contributed by atoms with Crippen LogP contribution in [0.2, 0.25) is 0 Å². The Kier molecular flexibility index (Phi) is 2.86. The number of anilines is 1. The Hall–Kier alpha value is -1.56. The summed E-state index contributed by atoms with van der Waals surface area (Å²) in [5, 5.41) is 2.93. The highest BCUT2D eigenvalue weighted by Gasteiger charge is 2.03. The van der Waals surface area contributed by atoms with Crippen LogP contribution in [-0.4, -0.2) is 9.97 Å². The van der Waals surface area contributed by atoms with E-state index in [9.17, 15) is 0 Å². The smallest absolute Gasteiger partial charge is 0.144 e. The molecular weight excluding hydrogens is 162 g/mol. The summed E-state index contributed by atoms with van der Waals surface area (Å²) in [5.41, 5.74) is 2.04. The first kappa shape index (κ1) is 9.53. The van der Waals surface area contributed by atoms with E-state index >= 15 is 0 Å². The molecule has 0 amide bonds. The zero-order chi connectivity index (χ0) is 9.84. The first-order valence-electron chi connectivity index (χ1n) is 4.14. The number of aryl methyl sites for hydroxylation is 2. The molecule has 0 atom stereocenters. The van der Waals surface area contributed by atoms with Gasteiger partial charge < -0.3 is 0 Å². The van der Waals surface area contributed by atoms with E-state index in [-0.39, 0.29) is 0 Å². The van der Waals surface area contributed by atoms with Gasteiger partial charge in [-0.2, -0.15) is 0 Å². The van der Waals surface area contributed by atoms with Crippen molar-refractivity contribution >= 4 is 5.82 Å². The molecule has 1 aromatic rings. The Morgan fingerprint density at radius 1 is 1.15 bits per heavy atom. The van der Waals surface area contributed by atoms with Crippen molar-refractivity contribution in [3.05, 3.63) is 17.1 Å². The van der Waals surface area contributed by atoms with Crippen molar-refractivity contribution < 1.29 is 0 Å². The van der Waals surface area contributed by atoms with Gasteiger partial charge in [-0.1, -0.05) is 5.92 Å². The minimum Gasteiger partial charge on any atom is -0.299 e. The van der Waals surface area contributed by atoms with Crippen LogP contribution in [0.3, 0.4) is 0 Å². The van der Waals surface area contributed by atoms with Crippen LogP contribution in [0.5, 0.6) is 0 Å². The van der Waals surface area contributed by atoms with E-state index in [2.05, 4.69) is 27.2 Å². The van der Waals surface area contributed by atoms with Crippen LogP contribution in [0, 0.1) is 32.7 Å². The second-order valence-electron chi connectivity index (χ2n) is 2.83. The minimum atomic E-state index is 0.767. The number of hydrogen-bond donors (Lipinski definition) is 1. The summed E-state index contributed by atoms with van der Waals surface area (Å²) in [5.74, 6) is 4.33. The Morgan fingerprint density at radius 3 is 2.46 bits per heavy atom. The van der Waals surface area contributed by atoms with Crippen molar-refractivity contribution in [2.24, 2.45) is 0 Å². The van der Waals surface area contributed by atoms with Crippen molar-refractivity contribution in [2.75, 3.05) is 5.32 Å². The molecule has 0 aromatic carbocycles. The zero-order valence-electron chi connectivity index (χ0n) is 8.39. The third-order valence-electron chi connectivity index (χ3n) is 1.81. The van der Waals surface area contributed by atoms with E-state index in [1.807, 2.05) is 20.8 Å². The fraction of sp³-hybridized carbons (Fsp3) is 0.400. The number of nitrogens with zero attached hydrogens (tertiary/aromatic N) is 2. The molecule has 0 saturated carbocycles. The second-order valence-corrected chi connectivity index (χ2v) is 2.83. The lowest BCUT2D eigenvalue weighted by Gasteiger charge is -2.06. The van der Waals surface area contributed by atoms with Crippen molar-refractivity contribution in [1.82, 2.24) is 9.97 Å². The molecule has 0 aliphatic carbocycles. The van der Waals surface area contributed by atoms with E-state index in [4.69, 9.17) is 0 Å². The van der Waals surface area contributed by atoms with Gasteiger partial charge in [0.1, 0.15) is 11.6 Å². The third-order valence-corrected chi connectivity index (χ3v) is 1.81. The summed E-state index contributed by atoms with van der Waals surface area (Å²) in [6.07, 6.45) is 0. The standard InChI is InChI=1S/C10H13N3/c1-5-6-11-10-7(2)8(3)12-9(4)13-10/h1-4H3,(H,11,12,13). The maximum atomic E-state index is 4.25. The molecule has 0 aliphatic rings. The van der Waals surface area contributed by atoms with Crippen LogP contribution >= 0.6 is 0 Å². The molecule has 1 N–H and O–H groups in total. The number of hydrogen-bond acceptors (Lipinski definition) is 3. The van der Waals surface area contributed by atoms with Gasteiger partial charge in [0.25, 0.3) is 0 Å². The molecule has 0 spiro atoms. The van der Waals surface area contributed by atoms with E-state index < -0.39 is 0 Å². The maximum Gasteiger partial charge on any atom is 0.144 e. The van der Waals surface area contributed by atoms with Gasteiger partial charge in [-0.25, -0.2) is 9.97 Å². The van der Waals surface area contributed by atoms with Gasteiger partial charge in [0.05, 0.1) is 0 Å². The summed E-state index contributed by atoms with van der Waals surface area (Å²) in [6.45, 7) is 7.60. The van der Waals surface area contributed by atoms with Gasteiger partial charge in [0.2, 0.25) is 0 Å². The predicted octanol–water partition coefficient (Wildman–Crippen LogP) is 1.79. The first-order chi connectivity index (χ1) is 6.15. The molecule has 1 rings (SSSR count). The van der Waals surface area contributed by atoms with Crippen LogP contribution in [0.15, 0.2) is 0 Å². The number of aromatic nitrogens is 2. The molecule has 13 heavy (non-hydrogen) atoms. The summed E-state index contributed by atoms with van der Waals surface area (Å²) >= 11 is 0. The van der Waals surface area contributed by atoms with Crippen LogP contribution in [-0.2, 0) is 0 Å². The highest BCUT2D eigenvalue weighted by Crippen LogP contribution is 2.13. The molecule has 0 fully saturated rings. The SMILES string of the molecule is CC#CNc1nc(C)nc(C)c1C. The monoisotopic (exact) mass is 175 g/mol. The number of nitrogens with one attached hydrogen (secondary N) is 1. The molecule has 68 valence electrons. The molecule has 0 unspecified atom stereocenters. The van der Waals surface area contributed by atoms with E-state index in [1.54, 1.807) is 6.92 Å². The Labute approximate surface area is 78.6 Å². The lowest BCUT2D eigenvalue weighted by molar-refractivity contribution is 0.992. The lowest BCUT2D eigenvalue weighted by Crippen LogP contribution is -2.02. The van der Waals surface area contributed by atoms with E-state index in [1.165, 1.54) is 0 Å². The fourth-order valence-corrected chi connectivity index (χ4v) is 1.01. The molecule has 0 aliphatic heterocycles. The van der Waals surface area contributed by atoms with Crippen LogP contribution in [0.25, 0.3) is 0 Å². The van der Waals surface area contributed by atoms with Crippen LogP contribution in [0.4, 0.5) is 5.82 Å². The summed E-state index contributed by atoms with van der Waals surface area (Å²) < 4.78 is 0. The Bertz CT molecular complexity index is 372. The van der Waals surface area contributed by atoms with Gasteiger partial charge in [0, 0.05) is 17.3 Å². The maximum absolute atomic E-state index is 4.25. The lowest BCUT2D eigenvalue weighted by atomic mass is 10.2. The first-order valence-corrected chi connectivity index (χ1v) is 4.14. The average Bonchev–Trinajstić information content (AvgIpc) is 2.09. The molecule has 1 aromatic heterocycles. The highest BCUT2D eigenvalue weighted by atomic mass is 15.0. The molecule has 3 nitrogen and oxygen atoms in total. The van der Waals surface area contributed by atoms with Gasteiger partial charge in [-0.15, -0.1) is 0 Å². The van der Waals surface area contributed by atoms with E-state index in [0.29, 0.717) is 0 Å². The second kappa shape index (κ2) is 3.90. The predicted molar refractivity (Wildman–Crippen MR) is 53.3 cm³/mol. The van der Waals surface area contributed by atoms with Crippen molar-refractivity contribution in [3.8, 4) is 12.0 Å². The summed E-state index contributed by atoms with van der Waals surface area (Å²) in [4.78, 5) is 8.49. The summed E-state index contributed by atoms with van der Waals surface area (Å²) in [7, 11) is 0. The quantitative estimate of drug-likeness (QED) is 0.522. The largest absolute Gasteiger partial charge is 0.299 e. The normalized spacial score (nSPS) is 8.92. The van der Waals surface area contributed by atoms with Crippen molar-refractivity contribution in [2.45, 2.75) is 27.7 Å². The Morgan fingerprint density at radius 2 is 1.85 bits per heavy atom. The van der Waals surface area contributed by atoms with Crippen LogP contribution < -0.4 is 5.32 Å². The molecule has 0 bridgehead atoms. The van der Waals surface area contributed by atoms with Crippen LogP contribution in [0.1, 0.15) is 24.0 Å². The van der Waals surface area contributed by atoms with Gasteiger partial charge >= 0.3 is 0 Å². The zero-order valence-corrected chi connectivity index (χ0v) is 8.39. The topological polar surface area (TPSA) is 37.8 Å². The number of rotatable bonds is 1. The highest BCUT2D eigenvalue weighted by molar-refractivity contribution is 5.49. The molecule has 0 radical (unpaired) electrons. The van der Waals surface area contributed by atoms with Gasteiger partial charge in [0.15, 0.2) is 0 Å². The van der Waals surface area contributed by atoms with Gasteiger partial charge in [-0.3, -0.25) is 5.32 Å². The average molecular weight is 175 g/mol. The molecule has 1 heterocycles.